The van der Waals surface area contributed by atoms with Gasteiger partial charge in [-0.25, -0.2) is 4.98 Å². The monoisotopic (exact) mass is 334 g/mol. The molecule has 0 saturated heterocycles. The summed E-state index contributed by atoms with van der Waals surface area (Å²) in [6.45, 7) is 4.16. The Kier molecular flexibility index (Phi) is 4.08. The van der Waals surface area contributed by atoms with Crippen LogP contribution in [0.25, 0.3) is 15.5 Å². The number of hydrogen-bond acceptors (Lipinski definition) is 6. The van der Waals surface area contributed by atoms with Crippen molar-refractivity contribution in [3.63, 3.8) is 0 Å². The highest BCUT2D eigenvalue weighted by molar-refractivity contribution is 7.17. The smallest absolute Gasteiger partial charge is 0.311 e. The third-order valence-corrected chi connectivity index (χ3v) is 5.11. The van der Waals surface area contributed by atoms with Gasteiger partial charge in [-0.2, -0.15) is 0 Å². The second-order valence-corrected chi connectivity index (χ2v) is 7.09. The number of ether oxygens (including phenoxy) is 1. The Balaban J connectivity index is 1.99. The number of thiophene rings is 1. The van der Waals surface area contributed by atoms with E-state index in [1.165, 1.54) is 16.2 Å². The van der Waals surface area contributed by atoms with E-state index in [0.717, 1.165) is 16.0 Å². The summed E-state index contributed by atoms with van der Waals surface area (Å²) in [5, 5.41) is 0. The number of fused-ring (bicyclic) bond motifs is 1. The summed E-state index contributed by atoms with van der Waals surface area (Å²) in [5.74, 6) is -0.270. The molecule has 7 heteroatoms. The molecule has 0 saturated carbocycles. The minimum atomic E-state index is -0.270. The van der Waals surface area contributed by atoms with Crippen LogP contribution in [0.4, 0.5) is 0 Å². The molecule has 3 rings (SSSR count). The molecule has 0 atom stereocenters. The fourth-order valence-electron chi connectivity index (χ4n) is 2.20. The highest BCUT2D eigenvalue weighted by atomic mass is 32.1. The molecule has 3 heterocycles. The molecule has 0 amide bonds. The van der Waals surface area contributed by atoms with Crippen molar-refractivity contribution in [2.45, 2.75) is 20.3 Å². The predicted molar refractivity (Wildman–Crippen MR) is 86.8 cm³/mol. The lowest BCUT2D eigenvalue weighted by atomic mass is 10.3. The molecule has 3 aromatic heterocycles. The van der Waals surface area contributed by atoms with Crippen molar-refractivity contribution < 1.29 is 14.3 Å². The molecule has 5 nitrogen and oxygen atoms in total. The van der Waals surface area contributed by atoms with Gasteiger partial charge in [0.1, 0.15) is 11.4 Å². The number of rotatable bonds is 5. The van der Waals surface area contributed by atoms with Crippen LogP contribution < -0.4 is 0 Å². The summed E-state index contributed by atoms with van der Waals surface area (Å²) in [5.41, 5.74) is 1.21. The van der Waals surface area contributed by atoms with Crippen LogP contribution in [0.3, 0.4) is 0 Å². The summed E-state index contributed by atoms with van der Waals surface area (Å²) >= 11 is 3.01. The van der Waals surface area contributed by atoms with E-state index in [0.29, 0.717) is 23.0 Å². The number of hydrogen-bond donors (Lipinski definition) is 0. The van der Waals surface area contributed by atoms with E-state index in [9.17, 15) is 9.59 Å². The van der Waals surface area contributed by atoms with E-state index >= 15 is 0 Å². The third-order valence-electron chi connectivity index (χ3n) is 3.12. The van der Waals surface area contributed by atoms with E-state index in [1.807, 2.05) is 19.1 Å². The Bertz CT molecular complexity index is 844. The second-order valence-electron chi connectivity index (χ2n) is 4.71. The van der Waals surface area contributed by atoms with Gasteiger partial charge in [-0.3, -0.25) is 14.0 Å². The van der Waals surface area contributed by atoms with E-state index < -0.39 is 0 Å². The summed E-state index contributed by atoms with van der Waals surface area (Å²) in [6.07, 6.45) is 2.80. The Morgan fingerprint density at radius 2 is 2.23 bits per heavy atom. The number of thiazole rings is 1. The van der Waals surface area contributed by atoms with Crippen LogP contribution in [0.2, 0.25) is 0 Å². The average molecular weight is 334 g/mol. The Morgan fingerprint density at radius 3 is 2.86 bits per heavy atom. The molecule has 0 spiro atoms. The van der Waals surface area contributed by atoms with Gasteiger partial charge in [0.05, 0.1) is 17.9 Å². The number of carbonyl (C=O) groups is 2. The molecule has 0 fully saturated rings. The van der Waals surface area contributed by atoms with Gasteiger partial charge in [0, 0.05) is 16.0 Å². The van der Waals surface area contributed by atoms with Gasteiger partial charge in [0.25, 0.3) is 0 Å². The van der Waals surface area contributed by atoms with E-state index in [1.54, 1.807) is 28.9 Å². The maximum absolute atomic E-state index is 11.5. The summed E-state index contributed by atoms with van der Waals surface area (Å²) in [7, 11) is 0. The van der Waals surface area contributed by atoms with Gasteiger partial charge in [-0.1, -0.05) is 0 Å². The maximum atomic E-state index is 11.5. The normalized spacial score (nSPS) is 11.0. The van der Waals surface area contributed by atoms with E-state index in [-0.39, 0.29) is 12.4 Å². The molecule has 0 aliphatic heterocycles. The lowest BCUT2D eigenvalue weighted by Gasteiger charge is -1.98. The van der Waals surface area contributed by atoms with Gasteiger partial charge >= 0.3 is 5.97 Å². The first kappa shape index (κ1) is 14.9. The standard InChI is InChI=1S/C15H14N2O3S2/c1-3-20-13(19)6-10-7-17-11(8-18)14(16-15(17)22-10)12-5-4-9(2)21-12/h4-5,7-8H,3,6H2,1-2H3. The average Bonchev–Trinajstić information content (AvgIpc) is 3.12. The molecular weight excluding hydrogens is 320 g/mol. The van der Waals surface area contributed by atoms with Crippen molar-refractivity contribution in [2.75, 3.05) is 6.61 Å². The highest BCUT2D eigenvalue weighted by Crippen LogP contribution is 2.32. The van der Waals surface area contributed by atoms with Crippen LogP contribution in [-0.4, -0.2) is 28.2 Å². The number of esters is 1. The van der Waals surface area contributed by atoms with Crippen molar-refractivity contribution in [1.82, 2.24) is 9.38 Å². The lowest BCUT2D eigenvalue weighted by molar-refractivity contribution is -0.142. The van der Waals surface area contributed by atoms with Crippen molar-refractivity contribution in [2.24, 2.45) is 0 Å². The minimum absolute atomic E-state index is 0.202. The van der Waals surface area contributed by atoms with E-state index in [4.69, 9.17) is 4.74 Å². The molecular formula is C15H14N2O3S2. The fraction of sp³-hybridized carbons (Fsp3) is 0.267. The Morgan fingerprint density at radius 1 is 1.41 bits per heavy atom. The summed E-state index contributed by atoms with van der Waals surface area (Å²) in [4.78, 5) is 31.3. The lowest BCUT2D eigenvalue weighted by Crippen LogP contribution is -2.06. The first-order valence-electron chi connectivity index (χ1n) is 6.80. The van der Waals surface area contributed by atoms with Gasteiger partial charge in [-0.15, -0.1) is 22.7 Å². The molecule has 0 aliphatic carbocycles. The van der Waals surface area contributed by atoms with Gasteiger partial charge < -0.3 is 4.74 Å². The van der Waals surface area contributed by atoms with Crippen LogP contribution >= 0.6 is 22.7 Å². The van der Waals surface area contributed by atoms with Crippen LogP contribution in [0.15, 0.2) is 18.3 Å². The molecule has 0 N–H and O–H groups in total. The number of imidazole rings is 1. The summed E-state index contributed by atoms with van der Waals surface area (Å²) < 4.78 is 6.69. The number of aryl methyl sites for hydroxylation is 1. The summed E-state index contributed by atoms with van der Waals surface area (Å²) in [6, 6.07) is 3.98. The molecule has 114 valence electrons. The molecule has 0 bridgehead atoms. The zero-order chi connectivity index (χ0) is 15.7. The number of nitrogens with zero attached hydrogens (tertiary/aromatic N) is 2. The van der Waals surface area contributed by atoms with Gasteiger partial charge in [0.2, 0.25) is 0 Å². The predicted octanol–water partition coefficient (Wildman–Crippen LogP) is 3.35. The molecule has 0 unspecified atom stereocenters. The van der Waals surface area contributed by atoms with Crippen LogP contribution in [0, 0.1) is 6.92 Å². The van der Waals surface area contributed by atoms with E-state index in [2.05, 4.69) is 4.98 Å². The fourth-order valence-corrected chi connectivity index (χ4v) is 4.03. The second kappa shape index (κ2) is 6.02. The Hall–Kier alpha value is -1.99. The zero-order valence-electron chi connectivity index (χ0n) is 12.2. The largest absolute Gasteiger partial charge is 0.466 e. The topological polar surface area (TPSA) is 60.7 Å². The molecule has 0 aliphatic rings. The van der Waals surface area contributed by atoms with Crippen molar-refractivity contribution >= 4 is 39.9 Å². The van der Waals surface area contributed by atoms with Crippen molar-refractivity contribution in [3.8, 4) is 10.6 Å². The molecule has 3 aromatic rings. The van der Waals surface area contributed by atoms with Crippen molar-refractivity contribution in [1.29, 1.82) is 0 Å². The van der Waals surface area contributed by atoms with Crippen LogP contribution in [-0.2, 0) is 16.0 Å². The first-order valence-corrected chi connectivity index (χ1v) is 8.44. The zero-order valence-corrected chi connectivity index (χ0v) is 13.8. The first-order chi connectivity index (χ1) is 10.6. The third kappa shape index (κ3) is 2.69. The number of carbonyl (C=O) groups excluding carboxylic acids is 2. The molecule has 22 heavy (non-hydrogen) atoms. The quantitative estimate of drug-likeness (QED) is 0.530. The van der Waals surface area contributed by atoms with Gasteiger partial charge in [0.15, 0.2) is 11.2 Å². The number of aldehydes is 1. The van der Waals surface area contributed by atoms with Crippen LogP contribution in [0.1, 0.15) is 27.2 Å². The molecule has 0 radical (unpaired) electrons. The highest BCUT2D eigenvalue weighted by Gasteiger charge is 2.18. The maximum Gasteiger partial charge on any atom is 0.311 e. The molecule has 0 aromatic carbocycles. The van der Waals surface area contributed by atoms with Crippen LogP contribution in [0.5, 0.6) is 0 Å². The number of aromatic nitrogens is 2. The van der Waals surface area contributed by atoms with Crippen molar-refractivity contribution in [3.05, 3.63) is 33.8 Å². The Labute approximate surface area is 135 Å². The van der Waals surface area contributed by atoms with Gasteiger partial charge in [-0.05, 0) is 26.0 Å². The SMILES string of the molecule is CCOC(=O)Cc1cn2c(C=O)c(-c3ccc(C)s3)nc2s1. The minimum Gasteiger partial charge on any atom is -0.466 e.